The third-order valence-corrected chi connectivity index (χ3v) is 1.36. The van der Waals surface area contributed by atoms with Gasteiger partial charge in [-0.25, -0.2) is 4.79 Å². The summed E-state index contributed by atoms with van der Waals surface area (Å²) in [6.45, 7) is 6.91. The third-order valence-electron chi connectivity index (χ3n) is 1.36. The number of alkyl carbamates (subject to hydrolysis) is 1. The van der Waals surface area contributed by atoms with E-state index in [0.29, 0.717) is 26.2 Å². The van der Waals surface area contributed by atoms with Crippen molar-refractivity contribution in [2.24, 2.45) is 0 Å². The second kappa shape index (κ2) is 7.48. The molecule has 0 aliphatic rings. The summed E-state index contributed by atoms with van der Waals surface area (Å²) in [7, 11) is 0. The van der Waals surface area contributed by atoms with E-state index in [2.05, 4.69) is 5.32 Å². The summed E-state index contributed by atoms with van der Waals surface area (Å²) in [5, 5.41) is 11.0. The van der Waals surface area contributed by atoms with Gasteiger partial charge in [-0.15, -0.1) is 0 Å². The molecule has 5 heteroatoms. The molecular weight excluding hydrogens is 198 g/mol. The number of nitrogens with one attached hydrogen (secondary N) is 1. The van der Waals surface area contributed by atoms with Crippen molar-refractivity contribution >= 4 is 6.09 Å². The van der Waals surface area contributed by atoms with Crippen LogP contribution in [0, 0.1) is 0 Å². The molecule has 0 bridgehead atoms. The fraction of sp³-hybridized carbons (Fsp3) is 0.900. The summed E-state index contributed by atoms with van der Waals surface area (Å²) in [4.78, 5) is 11.1. The molecule has 0 aromatic heterocycles. The van der Waals surface area contributed by atoms with Crippen LogP contribution in [0.15, 0.2) is 0 Å². The molecule has 0 saturated heterocycles. The molecular formula is C10H21NO4. The first kappa shape index (κ1) is 14.2. The van der Waals surface area contributed by atoms with E-state index in [1.165, 1.54) is 0 Å². The normalized spacial score (nSPS) is 11.2. The van der Waals surface area contributed by atoms with Gasteiger partial charge in [-0.3, -0.25) is 0 Å². The van der Waals surface area contributed by atoms with Crippen molar-refractivity contribution in [2.75, 3.05) is 26.4 Å². The van der Waals surface area contributed by atoms with Crippen molar-refractivity contribution in [1.82, 2.24) is 5.32 Å². The minimum Gasteiger partial charge on any atom is -0.444 e. The summed E-state index contributed by atoms with van der Waals surface area (Å²) in [6.07, 6.45) is 0.181. The largest absolute Gasteiger partial charge is 0.444 e. The minimum atomic E-state index is -0.470. The topological polar surface area (TPSA) is 67.8 Å². The zero-order valence-corrected chi connectivity index (χ0v) is 9.71. The number of aliphatic hydroxyl groups excluding tert-OH is 1. The van der Waals surface area contributed by atoms with Gasteiger partial charge in [0.15, 0.2) is 0 Å². The van der Waals surface area contributed by atoms with Crippen LogP contribution in [0.2, 0.25) is 0 Å². The smallest absolute Gasteiger partial charge is 0.407 e. The lowest BCUT2D eigenvalue weighted by atomic mass is 10.2. The van der Waals surface area contributed by atoms with E-state index in [1.54, 1.807) is 0 Å². The standard InChI is InChI=1S/C10H21NO4/c1-10(2,3)15-9(13)11-5-8-14-7-4-6-12/h12H,4-8H2,1-3H3,(H,11,13). The van der Waals surface area contributed by atoms with Crippen molar-refractivity contribution in [3.63, 3.8) is 0 Å². The summed E-state index contributed by atoms with van der Waals surface area (Å²) < 4.78 is 10.1. The highest BCUT2D eigenvalue weighted by Gasteiger charge is 2.15. The molecule has 0 aromatic carbocycles. The Morgan fingerprint density at radius 3 is 2.53 bits per heavy atom. The first-order chi connectivity index (χ1) is 6.95. The summed E-state index contributed by atoms with van der Waals surface area (Å²) in [6, 6.07) is 0. The molecule has 0 fully saturated rings. The number of ether oxygens (including phenoxy) is 2. The number of carbonyl (C=O) groups is 1. The Labute approximate surface area is 90.8 Å². The molecule has 2 N–H and O–H groups in total. The molecule has 1 amide bonds. The van der Waals surface area contributed by atoms with E-state index in [-0.39, 0.29) is 6.61 Å². The van der Waals surface area contributed by atoms with Crippen LogP contribution < -0.4 is 5.32 Å². The van der Waals surface area contributed by atoms with Gasteiger partial charge in [0.2, 0.25) is 0 Å². The molecule has 5 nitrogen and oxygen atoms in total. The van der Waals surface area contributed by atoms with Crippen LogP contribution >= 0.6 is 0 Å². The highest BCUT2D eigenvalue weighted by atomic mass is 16.6. The number of hydrogen-bond acceptors (Lipinski definition) is 4. The first-order valence-electron chi connectivity index (χ1n) is 5.11. The first-order valence-corrected chi connectivity index (χ1v) is 5.11. The van der Waals surface area contributed by atoms with E-state index in [9.17, 15) is 4.79 Å². The summed E-state index contributed by atoms with van der Waals surface area (Å²) in [5.74, 6) is 0. The highest BCUT2D eigenvalue weighted by molar-refractivity contribution is 5.67. The maximum Gasteiger partial charge on any atom is 0.407 e. The van der Waals surface area contributed by atoms with Crippen molar-refractivity contribution in [1.29, 1.82) is 0 Å². The van der Waals surface area contributed by atoms with E-state index in [0.717, 1.165) is 0 Å². The van der Waals surface area contributed by atoms with E-state index < -0.39 is 11.7 Å². The lowest BCUT2D eigenvalue weighted by Gasteiger charge is -2.19. The Kier molecular flexibility index (Phi) is 7.07. The molecule has 15 heavy (non-hydrogen) atoms. The maximum atomic E-state index is 11.1. The summed E-state index contributed by atoms with van der Waals surface area (Å²) >= 11 is 0. The fourth-order valence-electron chi connectivity index (χ4n) is 0.808. The van der Waals surface area contributed by atoms with Gasteiger partial charge in [0, 0.05) is 19.8 Å². The van der Waals surface area contributed by atoms with E-state index in [1.807, 2.05) is 20.8 Å². The Balaban J connectivity index is 3.32. The molecule has 0 saturated carbocycles. The zero-order chi connectivity index (χ0) is 11.7. The van der Waals surface area contributed by atoms with Gasteiger partial charge in [0.05, 0.1) is 6.61 Å². The van der Waals surface area contributed by atoms with Crippen LogP contribution in [0.25, 0.3) is 0 Å². The Bertz CT molecular complexity index is 177. The van der Waals surface area contributed by atoms with E-state index >= 15 is 0 Å². The lowest BCUT2D eigenvalue weighted by Crippen LogP contribution is -2.34. The lowest BCUT2D eigenvalue weighted by molar-refractivity contribution is 0.0494. The molecule has 0 rings (SSSR count). The predicted molar refractivity (Wildman–Crippen MR) is 56.8 cm³/mol. The Morgan fingerprint density at radius 1 is 1.33 bits per heavy atom. The zero-order valence-electron chi connectivity index (χ0n) is 9.71. The second-order valence-corrected chi connectivity index (χ2v) is 4.12. The SMILES string of the molecule is CC(C)(C)OC(=O)NCCOCCCO. The highest BCUT2D eigenvalue weighted by Crippen LogP contribution is 2.05. The maximum absolute atomic E-state index is 11.1. The van der Waals surface area contributed by atoms with Crippen molar-refractivity contribution < 1.29 is 19.4 Å². The second-order valence-electron chi connectivity index (χ2n) is 4.12. The quantitative estimate of drug-likeness (QED) is 0.652. The monoisotopic (exact) mass is 219 g/mol. The van der Waals surface area contributed by atoms with Gasteiger partial charge in [0.25, 0.3) is 0 Å². The van der Waals surface area contributed by atoms with Crippen LogP contribution in [-0.4, -0.2) is 43.2 Å². The average Bonchev–Trinajstić information content (AvgIpc) is 2.08. The molecule has 0 aromatic rings. The molecule has 0 unspecified atom stereocenters. The van der Waals surface area contributed by atoms with Gasteiger partial charge in [-0.2, -0.15) is 0 Å². The van der Waals surface area contributed by atoms with Crippen molar-refractivity contribution in [3.05, 3.63) is 0 Å². The third kappa shape index (κ3) is 11.1. The number of hydrogen-bond donors (Lipinski definition) is 2. The molecule has 0 radical (unpaired) electrons. The number of rotatable bonds is 6. The van der Waals surface area contributed by atoms with Gasteiger partial charge >= 0.3 is 6.09 Å². The van der Waals surface area contributed by atoms with Gasteiger partial charge < -0.3 is 19.9 Å². The average molecular weight is 219 g/mol. The Morgan fingerprint density at radius 2 is 2.00 bits per heavy atom. The van der Waals surface area contributed by atoms with Crippen LogP contribution in [0.3, 0.4) is 0 Å². The number of amides is 1. The minimum absolute atomic E-state index is 0.124. The molecule has 0 spiro atoms. The van der Waals surface area contributed by atoms with Crippen LogP contribution in [-0.2, 0) is 9.47 Å². The van der Waals surface area contributed by atoms with E-state index in [4.69, 9.17) is 14.6 Å². The van der Waals surface area contributed by atoms with Crippen LogP contribution in [0.5, 0.6) is 0 Å². The molecule has 0 aliphatic carbocycles. The molecule has 0 aliphatic heterocycles. The number of aliphatic hydroxyl groups is 1. The van der Waals surface area contributed by atoms with Gasteiger partial charge in [-0.05, 0) is 27.2 Å². The predicted octanol–water partition coefficient (Wildman–Crippen LogP) is 0.910. The van der Waals surface area contributed by atoms with Crippen molar-refractivity contribution in [2.45, 2.75) is 32.8 Å². The Hall–Kier alpha value is -0.810. The summed E-state index contributed by atoms with van der Waals surface area (Å²) in [5.41, 5.74) is -0.470. The molecule has 90 valence electrons. The number of carbonyl (C=O) groups excluding carboxylic acids is 1. The van der Waals surface area contributed by atoms with Gasteiger partial charge in [-0.1, -0.05) is 0 Å². The molecule has 0 atom stereocenters. The molecule has 0 heterocycles. The van der Waals surface area contributed by atoms with Crippen molar-refractivity contribution in [3.8, 4) is 0 Å². The van der Waals surface area contributed by atoms with Crippen LogP contribution in [0.4, 0.5) is 4.79 Å². The van der Waals surface area contributed by atoms with Crippen LogP contribution in [0.1, 0.15) is 27.2 Å². The fourth-order valence-corrected chi connectivity index (χ4v) is 0.808. The van der Waals surface area contributed by atoms with Gasteiger partial charge in [0.1, 0.15) is 5.60 Å².